The Labute approximate surface area is 122 Å². The molecule has 7 heteroatoms. The molecule has 20 heavy (non-hydrogen) atoms. The number of hydrogen-bond acceptors (Lipinski definition) is 6. The van der Waals surface area contributed by atoms with E-state index in [2.05, 4.69) is 20.3 Å². The lowest BCUT2D eigenvalue weighted by molar-refractivity contribution is 0.184. The van der Waals surface area contributed by atoms with Gasteiger partial charge in [-0.1, -0.05) is 24.3 Å². The number of ether oxygens (including phenoxy) is 2. The summed E-state index contributed by atoms with van der Waals surface area (Å²) in [7, 11) is 3.14. The number of halogens is 1. The van der Waals surface area contributed by atoms with Crippen molar-refractivity contribution in [3.8, 4) is 6.01 Å². The molecular weight excluding hydrogens is 280 g/mol. The van der Waals surface area contributed by atoms with Crippen LogP contribution >= 0.6 is 11.6 Å². The summed E-state index contributed by atoms with van der Waals surface area (Å²) in [6, 6.07) is 8.15. The van der Waals surface area contributed by atoms with Gasteiger partial charge in [0, 0.05) is 13.7 Å². The van der Waals surface area contributed by atoms with Crippen molar-refractivity contribution >= 4 is 17.5 Å². The van der Waals surface area contributed by atoms with Crippen LogP contribution in [0.2, 0.25) is 5.28 Å². The van der Waals surface area contributed by atoms with Crippen LogP contribution in [0.25, 0.3) is 0 Å². The monoisotopic (exact) mass is 294 g/mol. The third-order valence-electron chi connectivity index (χ3n) is 2.63. The first kappa shape index (κ1) is 14.5. The van der Waals surface area contributed by atoms with Gasteiger partial charge in [0.2, 0.25) is 11.2 Å². The Morgan fingerprint density at radius 3 is 2.55 bits per heavy atom. The highest BCUT2D eigenvalue weighted by atomic mass is 35.5. The number of nitrogens with zero attached hydrogens (tertiary/aromatic N) is 3. The Morgan fingerprint density at radius 2 is 1.85 bits per heavy atom. The van der Waals surface area contributed by atoms with Gasteiger partial charge in [-0.2, -0.15) is 15.0 Å². The standard InChI is InChI=1S/C13H15ClN4O2/c1-19-8-10-6-4-3-5-9(10)7-15-12-16-11(14)17-13(18-12)20-2/h3-6H,7-8H2,1-2H3,(H,15,16,17,18). The molecule has 1 N–H and O–H groups in total. The predicted molar refractivity (Wildman–Crippen MR) is 75.9 cm³/mol. The van der Waals surface area contributed by atoms with Gasteiger partial charge in [-0.05, 0) is 22.7 Å². The lowest BCUT2D eigenvalue weighted by atomic mass is 10.1. The average Bonchev–Trinajstić information content (AvgIpc) is 2.46. The molecule has 0 amide bonds. The molecule has 0 radical (unpaired) electrons. The van der Waals surface area contributed by atoms with Crippen molar-refractivity contribution in [3.05, 3.63) is 40.7 Å². The second kappa shape index (κ2) is 7.02. The molecule has 2 rings (SSSR count). The van der Waals surface area contributed by atoms with E-state index in [1.807, 2.05) is 24.3 Å². The van der Waals surface area contributed by atoms with Crippen molar-refractivity contribution in [1.29, 1.82) is 0 Å². The zero-order valence-electron chi connectivity index (χ0n) is 11.3. The highest BCUT2D eigenvalue weighted by Gasteiger charge is 2.06. The second-order valence-corrected chi connectivity index (χ2v) is 4.31. The number of methoxy groups -OCH3 is 2. The minimum absolute atomic E-state index is 0.0875. The van der Waals surface area contributed by atoms with Crippen LogP contribution in [0.1, 0.15) is 11.1 Å². The minimum atomic E-state index is 0.0875. The van der Waals surface area contributed by atoms with Gasteiger partial charge in [-0.25, -0.2) is 0 Å². The first-order chi connectivity index (χ1) is 9.72. The first-order valence-corrected chi connectivity index (χ1v) is 6.36. The van der Waals surface area contributed by atoms with Gasteiger partial charge in [-0.3, -0.25) is 0 Å². The molecule has 1 heterocycles. The highest BCUT2D eigenvalue weighted by Crippen LogP contribution is 2.14. The molecule has 1 aromatic carbocycles. The van der Waals surface area contributed by atoms with Gasteiger partial charge in [-0.15, -0.1) is 0 Å². The molecule has 0 aliphatic heterocycles. The molecule has 0 aliphatic carbocycles. The zero-order valence-corrected chi connectivity index (χ0v) is 12.0. The number of benzene rings is 1. The van der Waals surface area contributed by atoms with Crippen LogP contribution in [0.4, 0.5) is 5.95 Å². The smallest absolute Gasteiger partial charge is 0.322 e. The summed E-state index contributed by atoms with van der Waals surface area (Å²) in [6.45, 7) is 1.11. The van der Waals surface area contributed by atoms with Crippen LogP contribution in [-0.2, 0) is 17.9 Å². The molecule has 0 bridgehead atoms. The van der Waals surface area contributed by atoms with Gasteiger partial charge >= 0.3 is 6.01 Å². The van der Waals surface area contributed by atoms with Crippen molar-refractivity contribution < 1.29 is 9.47 Å². The van der Waals surface area contributed by atoms with Crippen LogP contribution in [-0.4, -0.2) is 29.2 Å². The number of anilines is 1. The van der Waals surface area contributed by atoms with Gasteiger partial charge < -0.3 is 14.8 Å². The molecule has 2 aromatic rings. The van der Waals surface area contributed by atoms with Gasteiger partial charge in [0.15, 0.2) is 0 Å². The maximum absolute atomic E-state index is 5.79. The summed E-state index contributed by atoms with van der Waals surface area (Å²) in [4.78, 5) is 11.9. The van der Waals surface area contributed by atoms with Crippen molar-refractivity contribution in [2.24, 2.45) is 0 Å². The van der Waals surface area contributed by atoms with Crippen molar-refractivity contribution in [1.82, 2.24) is 15.0 Å². The molecule has 0 saturated carbocycles. The predicted octanol–water partition coefficient (Wildman–Crippen LogP) is 2.29. The molecule has 0 aliphatic rings. The minimum Gasteiger partial charge on any atom is -0.467 e. The van der Waals surface area contributed by atoms with Crippen molar-refractivity contribution in [2.45, 2.75) is 13.2 Å². The van der Waals surface area contributed by atoms with E-state index in [1.54, 1.807) is 7.11 Å². The molecule has 1 aromatic heterocycles. The second-order valence-electron chi connectivity index (χ2n) is 3.97. The SMILES string of the molecule is COCc1ccccc1CNc1nc(Cl)nc(OC)n1. The third kappa shape index (κ3) is 3.79. The number of hydrogen-bond donors (Lipinski definition) is 1. The lowest BCUT2D eigenvalue weighted by Crippen LogP contribution is -2.08. The topological polar surface area (TPSA) is 69.2 Å². The summed E-state index contributed by atoms with van der Waals surface area (Å²) < 4.78 is 10.1. The van der Waals surface area contributed by atoms with E-state index < -0.39 is 0 Å². The van der Waals surface area contributed by atoms with Gasteiger partial charge in [0.1, 0.15) is 0 Å². The Bertz CT molecular complexity index is 580. The van der Waals surface area contributed by atoms with Gasteiger partial charge in [0.25, 0.3) is 0 Å². The van der Waals surface area contributed by atoms with E-state index in [4.69, 9.17) is 21.1 Å². The molecule has 0 unspecified atom stereocenters. The Balaban J connectivity index is 2.10. The molecule has 0 fully saturated rings. The Kier molecular flexibility index (Phi) is 5.09. The largest absolute Gasteiger partial charge is 0.467 e. The lowest BCUT2D eigenvalue weighted by Gasteiger charge is -2.10. The van der Waals surface area contributed by atoms with Crippen molar-refractivity contribution in [3.63, 3.8) is 0 Å². The van der Waals surface area contributed by atoms with Crippen molar-refractivity contribution in [2.75, 3.05) is 19.5 Å². The summed E-state index contributed by atoms with van der Waals surface area (Å²) in [5.74, 6) is 0.370. The van der Waals surface area contributed by atoms with Crippen LogP contribution < -0.4 is 10.1 Å². The molecule has 6 nitrogen and oxygen atoms in total. The molecular formula is C13H15ClN4O2. The number of nitrogens with one attached hydrogen (secondary N) is 1. The number of aromatic nitrogens is 3. The average molecular weight is 295 g/mol. The fraction of sp³-hybridized carbons (Fsp3) is 0.308. The summed E-state index contributed by atoms with van der Waals surface area (Å²) in [5, 5.41) is 3.18. The molecule has 106 valence electrons. The Morgan fingerprint density at radius 1 is 1.10 bits per heavy atom. The molecule has 0 saturated heterocycles. The van der Waals surface area contributed by atoms with E-state index in [0.29, 0.717) is 19.1 Å². The maximum atomic E-state index is 5.79. The van der Waals surface area contributed by atoms with Crippen LogP contribution in [0.5, 0.6) is 6.01 Å². The quantitative estimate of drug-likeness (QED) is 0.881. The van der Waals surface area contributed by atoms with Crippen LogP contribution in [0, 0.1) is 0 Å². The van der Waals surface area contributed by atoms with E-state index in [0.717, 1.165) is 11.1 Å². The third-order valence-corrected chi connectivity index (χ3v) is 2.79. The fourth-order valence-corrected chi connectivity index (χ4v) is 1.86. The summed E-state index contributed by atoms with van der Waals surface area (Å²) in [6.07, 6.45) is 0. The Hall–Kier alpha value is -1.92. The highest BCUT2D eigenvalue weighted by molar-refractivity contribution is 6.28. The molecule has 0 spiro atoms. The number of rotatable bonds is 6. The fourth-order valence-electron chi connectivity index (χ4n) is 1.70. The van der Waals surface area contributed by atoms with Crippen LogP contribution in [0.15, 0.2) is 24.3 Å². The normalized spacial score (nSPS) is 10.3. The van der Waals surface area contributed by atoms with E-state index >= 15 is 0 Å². The first-order valence-electron chi connectivity index (χ1n) is 5.98. The van der Waals surface area contributed by atoms with Crippen LogP contribution in [0.3, 0.4) is 0 Å². The molecule has 0 atom stereocenters. The van der Waals surface area contributed by atoms with Gasteiger partial charge in [0.05, 0.1) is 13.7 Å². The van der Waals surface area contributed by atoms with E-state index in [1.165, 1.54) is 7.11 Å². The summed E-state index contributed by atoms with van der Waals surface area (Å²) in [5.41, 5.74) is 2.21. The maximum Gasteiger partial charge on any atom is 0.322 e. The zero-order chi connectivity index (χ0) is 14.4. The summed E-state index contributed by atoms with van der Waals surface area (Å²) >= 11 is 5.79. The van der Waals surface area contributed by atoms with E-state index in [9.17, 15) is 0 Å². The van der Waals surface area contributed by atoms with E-state index in [-0.39, 0.29) is 11.3 Å².